The van der Waals surface area contributed by atoms with E-state index in [9.17, 15) is 13.2 Å². The van der Waals surface area contributed by atoms with Crippen molar-refractivity contribution in [2.24, 2.45) is 0 Å². The highest BCUT2D eigenvalue weighted by molar-refractivity contribution is 7.90. The van der Waals surface area contributed by atoms with Crippen LogP contribution in [0.4, 0.5) is 0 Å². The molecule has 5 aromatic rings. The summed E-state index contributed by atoms with van der Waals surface area (Å²) in [6.07, 6.45) is 0. The van der Waals surface area contributed by atoms with Gasteiger partial charge in [0.05, 0.1) is 10.4 Å². The Hall–Kier alpha value is -3.38. The van der Waals surface area contributed by atoms with Gasteiger partial charge in [-0.3, -0.25) is 0 Å². The number of fused-ring (bicyclic) bond motifs is 5. The maximum atomic E-state index is 14.2. The van der Waals surface area contributed by atoms with Crippen molar-refractivity contribution in [1.29, 1.82) is 0 Å². The van der Waals surface area contributed by atoms with E-state index in [2.05, 4.69) is 19.6 Å². The molecule has 0 fully saturated rings. The number of methoxy groups -OCH3 is 1. The Morgan fingerprint density at radius 3 is 2.36 bits per heavy atom. The zero-order chi connectivity index (χ0) is 27.9. The van der Waals surface area contributed by atoms with E-state index in [0.29, 0.717) is 45.1 Å². The van der Waals surface area contributed by atoms with Gasteiger partial charge in [-0.1, -0.05) is 56.0 Å². The molecule has 0 amide bonds. The second-order valence-electron chi connectivity index (χ2n) is 10.6. The molecule has 0 radical (unpaired) electrons. The van der Waals surface area contributed by atoms with E-state index < -0.39 is 23.9 Å². The van der Waals surface area contributed by atoms with E-state index in [-0.39, 0.29) is 24.2 Å². The Labute approximate surface area is 227 Å². The monoisotopic (exact) mass is 568 g/mol. The van der Waals surface area contributed by atoms with Gasteiger partial charge < -0.3 is 18.6 Å². The lowest BCUT2D eigenvalue weighted by Crippen LogP contribution is -2.23. The standard InChI is InChI=1S/C28H32N2O7SSi/c1-19-26(36-18-34-2)25-23(24-27(19)37-28(31)29(24)17-35-15-16-39(3,4)5)21-13-9-10-14-22(21)30(25)38(32,33)20-11-7-6-8-12-20/h6-14H,15-18H2,1-5H3. The van der Waals surface area contributed by atoms with Crippen molar-refractivity contribution in [2.45, 2.75) is 44.2 Å². The Bertz CT molecular complexity index is 1830. The molecule has 2 heterocycles. The predicted octanol–water partition coefficient (Wildman–Crippen LogP) is 5.54. The molecule has 11 heteroatoms. The van der Waals surface area contributed by atoms with E-state index >= 15 is 0 Å². The summed E-state index contributed by atoms with van der Waals surface area (Å²) >= 11 is 0. The molecule has 0 saturated heterocycles. The molecule has 2 aromatic heterocycles. The van der Waals surface area contributed by atoms with Gasteiger partial charge in [0.1, 0.15) is 17.8 Å². The summed E-state index contributed by atoms with van der Waals surface area (Å²) in [5, 5.41) is 1.16. The minimum Gasteiger partial charge on any atom is -0.465 e. The van der Waals surface area contributed by atoms with Gasteiger partial charge in [0, 0.05) is 38.1 Å². The largest absolute Gasteiger partial charge is 0.465 e. The fourth-order valence-corrected chi connectivity index (χ4v) is 7.04. The molecular weight excluding hydrogens is 536 g/mol. The number of oxazole rings is 1. The highest BCUT2D eigenvalue weighted by atomic mass is 32.2. The number of aryl methyl sites for hydroxylation is 1. The highest BCUT2D eigenvalue weighted by Gasteiger charge is 2.31. The first-order valence-electron chi connectivity index (χ1n) is 12.7. The fraction of sp³-hybridized carbons (Fsp3) is 0.321. The molecule has 0 aliphatic rings. The number of ether oxygens (including phenoxy) is 3. The number of nitrogens with zero attached hydrogens (tertiary/aromatic N) is 2. The topological polar surface area (TPSA) is 102 Å². The molecule has 9 nitrogen and oxygen atoms in total. The Balaban J connectivity index is 1.87. The normalized spacial score (nSPS) is 12.6. The third-order valence-electron chi connectivity index (χ3n) is 6.68. The van der Waals surface area contributed by atoms with Crippen LogP contribution in [0.25, 0.3) is 32.9 Å². The first-order valence-corrected chi connectivity index (χ1v) is 17.8. The zero-order valence-electron chi connectivity index (χ0n) is 22.7. The summed E-state index contributed by atoms with van der Waals surface area (Å²) in [5.41, 5.74) is 2.01. The second kappa shape index (κ2) is 10.3. The lowest BCUT2D eigenvalue weighted by atomic mass is 10.1. The third-order valence-corrected chi connectivity index (χ3v) is 10.1. The van der Waals surface area contributed by atoms with Gasteiger partial charge in [0.2, 0.25) is 0 Å². The average Bonchev–Trinajstić information content (AvgIpc) is 3.41. The van der Waals surface area contributed by atoms with Gasteiger partial charge in [-0.05, 0) is 31.2 Å². The summed E-state index contributed by atoms with van der Waals surface area (Å²) in [4.78, 5) is 13.3. The predicted molar refractivity (Wildman–Crippen MR) is 154 cm³/mol. The molecular formula is C28H32N2O7SSi. The summed E-state index contributed by atoms with van der Waals surface area (Å²) in [7, 11) is -3.93. The Kier molecular flexibility index (Phi) is 7.18. The van der Waals surface area contributed by atoms with E-state index in [1.165, 1.54) is 15.6 Å². The van der Waals surface area contributed by atoms with Crippen molar-refractivity contribution >= 4 is 51.0 Å². The van der Waals surface area contributed by atoms with Crippen molar-refractivity contribution in [3.05, 3.63) is 70.7 Å². The van der Waals surface area contributed by atoms with Crippen molar-refractivity contribution < 1.29 is 27.0 Å². The molecule has 39 heavy (non-hydrogen) atoms. The number of aromatic nitrogens is 2. The molecule has 0 unspecified atom stereocenters. The summed E-state index contributed by atoms with van der Waals surface area (Å²) < 4.78 is 53.9. The Morgan fingerprint density at radius 1 is 0.974 bits per heavy atom. The van der Waals surface area contributed by atoms with E-state index in [1.807, 2.05) is 12.1 Å². The maximum absolute atomic E-state index is 14.2. The van der Waals surface area contributed by atoms with Crippen LogP contribution in [0.5, 0.6) is 5.75 Å². The first kappa shape index (κ1) is 27.2. The molecule has 0 aliphatic carbocycles. The van der Waals surface area contributed by atoms with Gasteiger partial charge in [-0.2, -0.15) is 0 Å². The third kappa shape index (κ3) is 4.80. The first-order chi connectivity index (χ1) is 18.6. The molecule has 206 valence electrons. The molecule has 0 saturated carbocycles. The Morgan fingerprint density at radius 2 is 1.67 bits per heavy atom. The van der Waals surface area contributed by atoms with Gasteiger partial charge in [-0.15, -0.1) is 0 Å². The minimum atomic E-state index is -4.07. The molecule has 5 rings (SSSR count). The highest BCUT2D eigenvalue weighted by Crippen LogP contribution is 2.44. The van der Waals surface area contributed by atoms with Crippen LogP contribution in [-0.2, 0) is 26.2 Å². The lowest BCUT2D eigenvalue weighted by Gasteiger charge is -2.16. The van der Waals surface area contributed by atoms with Crippen molar-refractivity contribution in [1.82, 2.24) is 8.54 Å². The summed E-state index contributed by atoms with van der Waals surface area (Å²) in [6.45, 7) is 8.87. The molecule has 0 spiro atoms. The molecule has 3 aromatic carbocycles. The second-order valence-corrected chi connectivity index (χ2v) is 18.1. The van der Waals surface area contributed by atoms with E-state index in [4.69, 9.17) is 18.6 Å². The van der Waals surface area contributed by atoms with Gasteiger partial charge in [0.25, 0.3) is 10.0 Å². The van der Waals surface area contributed by atoms with Gasteiger partial charge >= 0.3 is 5.76 Å². The smallest absolute Gasteiger partial charge is 0.421 e. The SMILES string of the molecule is COCOc1c(C)c2oc(=O)n(COCC[Si](C)(C)C)c2c2c3ccccc3n(S(=O)(=O)c3ccccc3)c12. The van der Waals surface area contributed by atoms with Gasteiger partial charge in [-0.25, -0.2) is 21.8 Å². The summed E-state index contributed by atoms with van der Waals surface area (Å²) in [5.74, 6) is -0.329. The van der Waals surface area contributed by atoms with E-state index in [0.717, 1.165) is 6.04 Å². The van der Waals surface area contributed by atoms with Crippen molar-refractivity contribution in [3.63, 3.8) is 0 Å². The van der Waals surface area contributed by atoms with Crippen LogP contribution in [0.15, 0.2) is 68.7 Å². The lowest BCUT2D eigenvalue weighted by molar-refractivity contribution is 0.0516. The number of para-hydroxylation sites is 1. The summed E-state index contributed by atoms with van der Waals surface area (Å²) in [6, 6.07) is 16.3. The maximum Gasteiger partial charge on any atom is 0.421 e. The minimum absolute atomic E-state index is 0.0198. The number of hydrogen-bond donors (Lipinski definition) is 0. The van der Waals surface area contributed by atoms with Crippen LogP contribution >= 0.6 is 0 Å². The van der Waals surface area contributed by atoms with Crippen molar-refractivity contribution in [3.8, 4) is 5.75 Å². The van der Waals surface area contributed by atoms with Crippen LogP contribution in [0, 0.1) is 6.92 Å². The van der Waals surface area contributed by atoms with Crippen LogP contribution in [0.1, 0.15) is 5.56 Å². The quantitative estimate of drug-likeness (QED) is 0.124. The molecule has 0 aliphatic heterocycles. The molecule has 0 atom stereocenters. The van der Waals surface area contributed by atoms with Crippen LogP contribution in [-0.4, -0.2) is 45.5 Å². The van der Waals surface area contributed by atoms with Gasteiger partial charge in [0.15, 0.2) is 18.1 Å². The zero-order valence-corrected chi connectivity index (χ0v) is 24.5. The van der Waals surface area contributed by atoms with E-state index in [1.54, 1.807) is 49.4 Å². The number of hydrogen-bond acceptors (Lipinski definition) is 7. The average molecular weight is 569 g/mol. The van der Waals surface area contributed by atoms with Crippen LogP contribution in [0.3, 0.4) is 0 Å². The molecule has 0 N–H and O–H groups in total. The fourth-order valence-electron chi connectivity index (χ4n) is 4.74. The van der Waals surface area contributed by atoms with Crippen LogP contribution < -0.4 is 10.5 Å². The van der Waals surface area contributed by atoms with Crippen LogP contribution in [0.2, 0.25) is 25.7 Å². The molecule has 0 bridgehead atoms. The van der Waals surface area contributed by atoms with Crippen molar-refractivity contribution in [2.75, 3.05) is 20.5 Å². The number of rotatable bonds is 10. The number of benzene rings is 3.